The second kappa shape index (κ2) is 7.89. The van der Waals surface area contributed by atoms with Gasteiger partial charge in [0.15, 0.2) is 0 Å². The van der Waals surface area contributed by atoms with Crippen LogP contribution in [0.15, 0.2) is 24.3 Å². The van der Waals surface area contributed by atoms with E-state index in [9.17, 15) is 14.9 Å². The van der Waals surface area contributed by atoms with Gasteiger partial charge in [-0.1, -0.05) is 19.1 Å². The van der Waals surface area contributed by atoms with Gasteiger partial charge in [-0.25, -0.2) is 0 Å². The standard InChI is InChI=1S/C16H23N3O3/c1-2-11-18(14-7-9-17-10-8-14)16(20)12-13-3-5-15(6-4-13)19(21)22/h3-6,14,17H,2,7-12H2,1H3. The highest BCUT2D eigenvalue weighted by Gasteiger charge is 2.24. The third-order valence-corrected chi connectivity index (χ3v) is 4.04. The Balaban J connectivity index is 2.01. The minimum absolute atomic E-state index is 0.0555. The molecule has 6 nitrogen and oxygen atoms in total. The molecule has 1 aliphatic heterocycles. The number of nitrogens with zero attached hydrogens (tertiary/aromatic N) is 2. The Labute approximate surface area is 130 Å². The quantitative estimate of drug-likeness (QED) is 0.645. The summed E-state index contributed by atoms with van der Waals surface area (Å²) in [6.45, 7) is 4.76. The van der Waals surface area contributed by atoms with Crippen LogP contribution in [0.5, 0.6) is 0 Å². The van der Waals surface area contributed by atoms with Gasteiger partial charge in [-0.2, -0.15) is 0 Å². The van der Waals surface area contributed by atoms with E-state index in [1.807, 2.05) is 4.90 Å². The molecule has 0 radical (unpaired) electrons. The van der Waals surface area contributed by atoms with E-state index in [0.29, 0.717) is 12.5 Å². The molecule has 2 rings (SSSR count). The second-order valence-electron chi connectivity index (χ2n) is 5.67. The summed E-state index contributed by atoms with van der Waals surface area (Å²) in [5, 5.41) is 14.0. The van der Waals surface area contributed by atoms with Crippen LogP contribution < -0.4 is 5.32 Å². The predicted molar refractivity (Wildman–Crippen MR) is 84.7 cm³/mol. The summed E-state index contributed by atoms with van der Waals surface area (Å²) in [6, 6.07) is 6.56. The smallest absolute Gasteiger partial charge is 0.269 e. The van der Waals surface area contributed by atoms with Crippen LogP contribution in [0.1, 0.15) is 31.7 Å². The van der Waals surface area contributed by atoms with Crippen LogP contribution in [0.25, 0.3) is 0 Å². The highest BCUT2D eigenvalue weighted by Crippen LogP contribution is 2.16. The number of hydrogen-bond acceptors (Lipinski definition) is 4. The molecule has 6 heteroatoms. The number of piperidine rings is 1. The maximum atomic E-state index is 12.6. The Morgan fingerprint density at radius 3 is 2.50 bits per heavy atom. The van der Waals surface area contributed by atoms with Gasteiger partial charge in [0.1, 0.15) is 0 Å². The van der Waals surface area contributed by atoms with Crippen molar-refractivity contribution in [1.29, 1.82) is 0 Å². The van der Waals surface area contributed by atoms with E-state index in [1.165, 1.54) is 12.1 Å². The first-order valence-corrected chi connectivity index (χ1v) is 7.85. The monoisotopic (exact) mass is 305 g/mol. The van der Waals surface area contributed by atoms with E-state index in [1.54, 1.807) is 12.1 Å². The lowest BCUT2D eigenvalue weighted by molar-refractivity contribution is -0.384. The number of benzene rings is 1. The van der Waals surface area contributed by atoms with Crippen LogP contribution in [-0.4, -0.2) is 41.4 Å². The maximum absolute atomic E-state index is 12.6. The number of nitro benzene ring substituents is 1. The summed E-state index contributed by atoms with van der Waals surface area (Å²) in [5.74, 6) is 0.114. The lowest BCUT2D eigenvalue weighted by Gasteiger charge is -2.34. The molecule has 0 saturated carbocycles. The second-order valence-corrected chi connectivity index (χ2v) is 5.67. The normalized spacial score (nSPS) is 15.5. The Kier molecular flexibility index (Phi) is 5.89. The van der Waals surface area contributed by atoms with Gasteiger partial charge < -0.3 is 10.2 Å². The van der Waals surface area contributed by atoms with Crippen molar-refractivity contribution in [3.05, 3.63) is 39.9 Å². The first-order valence-electron chi connectivity index (χ1n) is 7.85. The highest BCUT2D eigenvalue weighted by molar-refractivity contribution is 5.79. The van der Waals surface area contributed by atoms with Gasteiger partial charge in [0.25, 0.3) is 5.69 Å². The average molecular weight is 305 g/mol. The maximum Gasteiger partial charge on any atom is 0.269 e. The molecule has 22 heavy (non-hydrogen) atoms. The van der Waals surface area contributed by atoms with Crippen LogP contribution in [0.2, 0.25) is 0 Å². The fourth-order valence-corrected chi connectivity index (χ4v) is 2.88. The average Bonchev–Trinajstić information content (AvgIpc) is 2.53. The number of nitro groups is 1. The summed E-state index contributed by atoms with van der Waals surface area (Å²) in [6.07, 6.45) is 3.23. The van der Waals surface area contributed by atoms with Crippen LogP contribution in [0.3, 0.4) is 0 Å². The molecular formula is C16H23N3O3. The van der Waals surface area contributed by atoms with Crippen LogP contribution in [0.4, 0.5) is 5.69 Å². The fourth-order valence-electron chi connectivity index (χ4n) is 2.88. The Hall–Kier alpha value is -1.95. The van der Waals surface area contributed by atoms with Crippen molar-refractivity contribution < 1.29 is 9.72 Å². The lowest BCUT2D eigenvalue weighted by Crippen LogP contribution is -2.47. The SMILES string of the molecule is CCCN(C(=O)Cc1ccc([N+](=O)[O-])cc1)C1CCNCC1. The zero-order valence-electron chi connectivity index (χ0n) is 13.0. The van der Waals surface area contributed by atoms with E-state index in [-0.39, 0.29) is 11.6 Å². The highest BCUT2D eigenvalue weighted by atomic mass is 16.6. The Morgan fingerprint density at radius 2 is 1.95 bits per heavy atom. The van der Waals surface area contributed by atoms with Gasteiger partial charge in [0.2, 0.25) is 5.91 Å². The van der Waals surface area contributed by atoms with Crippen molar-refractivity contribution in [2.24, 2.45) is 0 Å². The molecule has 0 aliphatic carbocycles. The van der Waals surface area contributed by atoms with Gasteiger partial charge in [-0.15, -0.1) is 0 Å². The van der Waals surface area contributed by atoms with Crippen LogP contribution >= 0.6 is 0 Å². The first-order chi connectivity index (χ1) is 10.6. The number of nitrogens with one attached hydrogen (secondary N) is 1. The summed E-state index contributed by atoms with van der Waals surface area (Å²) < 4.78 is 0. The van der Waals surface area contributed by atoms with Gasteiger partial charge in [-0.05, 0) is 37.9 Å². The van der Waals surface area contributed by atoms with Crippen molar-refractivity contribution in [2.75, 3.05) is 19.6 Å². The number of amides is 1. The predicted octanol–water partition coefficient (Wildman–Crippen LogP) is 2.13. The first kappa shape index (κ1) is 16.4. The number of rotatable bonds is 6. The van der Waals surface area contributed by atoms with Crippen molar-refractivity contribution >= 4 is 11.6 Å². The van der Waals surface area contributed by atoms with E-state index in [0.717, 1.165) is 44.5 Å². The third-order valence-electron chi connectivity index (χ3n) is 4.04. The van der Waals surface area contributed by atoms with E-state index >= 15 is 0 Å². The topological polar surface area (TPSA) is 75.5 Å². The molecule has 1 N–H and O–H groups in total. The largest absolute Gasteiger partial charge is 0.339 e. The molecule has 1 aromatic carbocycles. The molecule has 0 atom stereocenters. The minimum atomic E-state index is -0.427. The van der Waals surface area contributed by atoms with E-state index in [2.05, 4.69) is 12.2 Å². The van der Waals surface area contributed by atoms with Crippen LogP contribution in [0, 0.1) is 10.1 Å². The van der Waals surface area contributed by atoms with Gasteiger partial charge in [-0.3, -0.25) is 14.9 Å². The molecule has 0 spiro atoms. The van der Waals surface area contributed by atoms with Gasteiger partial charge in [0.05, 0.1) is 11.3 Å². The molecular weight excluding hydrogens is 282 g/mol. The summed E-state index contributed by atoms with van der Waals surface area (Å²) in [4.78, 5) is 24.8. The number of hydrogen-bond donors (Lipinski definition) is 1. The molecule has 1 aliphatic rings. The molecule has 1 heterocycles. The molecule has 1 fully saturated rings. The summed E-state index contributed by atoms with van der Waals surface area (Å²) >= 11 is 0. The van der Waals surface area contributed by atoms with E-state index < -0.39 is 4.92 Å². The molecule has 1 amide bonds. The van der Waals surface area contributed by atoms with Gasteiger partial charge >= 0.3 is 0 Å². The molecule has 1 aromatic rings. The van der Waals surface area contributed by atoms with Crippen molar-refractivity contribution in [3.63, 3.8) is 0 Å². The molecule has 120 valence electrons. The molecule has 1 saturated heterocycles. The summed E-state index contributed by atoms with van der Waals surface area (Å²) in [5.41, 5.74) is 0.880. The number of carbonyl (C=O) groups is 1. The Morgan fingerprint density at radius 1 is 1.32 bits per heavy atom. The summed E-state index contributed by atoms with van der Waals surface area (Å²) in [7, 11) is 0. The minimum Gasteiger partial charge on any atom is -0.339 e. The van der Waals surface area contributed by atoms with Gasteiger partial charge in [0, 0.05) is 24.7 Å². The molecule has 0 aromatic heterocycles. The Bertz CT molecular complexity index is 510. The zero-order valence-corrected chi connectivity index (χ0v) is 13.0. The lowest BCUT2D eigenvalue weighted by atomic mass is 10.0. The van der Waals surface area contributed by atoms with Crippen molar-refractivity contribution in [3.8, 4) is 0 Å². The molecule has 0 bridgehead atoms. The van der Waals surface area contributed by atoms with E-state index in [4.69, 9.17) is 0 Å². The number of carbonyl (C=O) groups excluding carboxylic acids is 1. The van der Waals surface area contributed by atoms with Crippen LogP contribution in [-0.2, 0) is 11.2 Å². The zero-order chi connectivity index (χ0) is 15.9. The van der Waals surface area contributed by atoms with Crippen molar-refractivity contribution in [1.82, 2.24) is 10.2 Å². The third kappa shape index (κ3) is 4.27. The van der Waals surface area contributed by atoms with Crippen molar-refractivity contribution in [2.45, 2.75) is 38.6 Å². The number of non-ortho nitro benzene ring substituents is 1. The molecule has 0 unspecified atom stereocenters. The fraction of sp³-hybridized carbons (Fsp3) is 0.562.